The van der Waals surface area contributed by atoms with Crippen LogP contribution in [0.25, 0.3) is 10.9 Å². The average Bonchev–Trinajstić information content (AvgIpc) is 3.11. The van der Waals surface area contributed by atoms with Crippen LogP contribution < -0.4 is 5.32 Å². The minimum Gasteiger partial charge on any atom is -0.361 e. The van der Waals surface area contributed by atoms with Gasteiger partial charge >= 0.3 is 6.18 Å². The van der Waals surface area contributed by atoms with Crippen molar-refractivity contribution in [1.29, 1.82) is 0 Å². The number of rotatable bonds is 5. The fourth-order valence-corrected chi connectivity index (χ4v) is 4.13. The van der Waals surface area contributed by atoms with Crippen LogP contribution in [0.4, 0.5) is 18.9 Å². The number of amides is 1. The number of carbonyl (C=O) groups excluding carboxylic acids is 1. The SMILES string of the molecule is Cc1ccc2c(CC(=O)Nc3ccc(CN4CCN(C)CC4)c(C(F)(F)F)c3)c[nH]c2c1. The molecule has 0 aliphatic carbocycles. The van der Waals surface area contributed by atoms with E-state index in [-0.39, 0.29) is 30.1 Å². The van der Waals surface area contributed by atoms with Crippen molar-refractivity contribution in [3.63, 3.8) is 0 Å². The van der Waals surface area contributed by atoms with Crippen molar-refractivity contribution in [3.05, 3.63) is 64.8 Å². The maximum absolute atomic E-state index is 13.8. The zero-order valence-electron chi connectivity index (χ0n) is 18.2. The van der Waals surface area contributed by atoms with Crippen LogP contribution in [0.1, 0.15) is 22.3 Å². The summed E-state index contributed by atoms with van der Waals surface area (Å²) in [5, 5.41) is 3.57. The van der Waals surface area contributed by atoms with Crippen molar-refractivity contribution in [1.82, 2.24) is 14.8 Å². The maximum Gasteiger partial charge on any atom is 0.416 e. The molecule has 3 aromatic rings. The van der Waals surface area contributed by atoms with E-state index in [1.807, 2.05) is 37.1 Å². The van der Waals surface area contributed by atoms with E-state index in [0.29, 0.717) is 0 Å². The van der Waals surface area contributed by atoms with Crippen molar-refractivity contribution in [3.8, 4) is 0 Å². The van der Waals surface area contributed by atoms with Crippen LogP contribution in [0.5, 0.6) is 0 Å². The summed E-state index contributed by atoms with van der Waals surface area (Å²) in [6.07, 6.45) is -2.64. The van der Waals surface area contributed by atoms with Crippen LogP contribution in [-0.2, 0) is 23.9 Å². The molecule has 0 bridgehead atoms. The average molecular weight is 445 g/mol. The molecule has 8 heteroatoms. The van der Waals surface area contributed by atoms with E-state index in [1.165, 1.54) is 6.07 Å². The third kappa shape index (κ3) is 5.14. The van der Waals surface area contributed by atoms with Gasteiger partial charge in [-0.2, -0.15) is 13.2 Å². The van der Waals surface area contributed by atoms with Crippen LogP contribution in [0, 0.1) is 6.92 Å². The minimum atomic E-state index is -4.49. The third-order valence-corrected chi connectivity index (χ3v) is 5.96. The van der Waals surface area contributed by atoms with Crippen molar-refractivity contribution in [2.45, 2.75) is 26.1 Å². The van der Waals surface area contributed by atoms with Gasteiger partial charge in [0.1, 0.15) is 0 Å². The Morgan fingerprint density at radius 1 is 1.06 bits per heavy atom. The van der Waals surface area contributed by atoms with Crippen molar-refractivity contribution >= 4 is 22.5 Å². The van der Waals surface area contributed by atoms with Gasteiger partial charge in [0.15, 0.2) is 0 Å². The number of nitrogens with one attached hydrogen (secondary N) is 2. The Kier molecular flexibility index (Phi) is 6.26. The van der Waals surface area contributed by atoms with E-state index in [9.17, 15) is 18.0 Å². The van der Waals surface area contributed by atoms with Crippen molar-refractivity contribution in [2.24, 2.45) is 0 Å². The molecule has 0 saturated carbocycles. The van der Waals surface area contributed by atoms with E-state index in [1.54, 1.807) is 12.3 Å². The monoisotopic (exact) mass is 444 g/mol. The first-order valence-electron chi connectivity index (χ1n) is 10.7. The standard InChI is InChI=1S/C24H27F3N4O/c1-16-3-6-20-18(14-28-22(20)11-16)12-23(32)29-19-5-4-17(21(13-19)24(25,26)27)15-31-9-7-30(2)8-10-31/h3-6,11,13-14,28H,7-10,12,15H2,1-2H3,(H,29,32). The number of fused-ring (bicyclic) bond motifs is 1. The van der Waals surface area contributed by atoms with Gasteiger partial charge in [0, 0.05) is 55.5 Å². The number of piperazine rings is 1. The number of nitrogens with zero attached hydrogens (tertiary/aromatic N) is 2. The molecule has 2 aromatic carbocycles. The molecule has 1 aromatic heterocycles. The number of H-pyrrole nitrogens is 1. The first-order chi connectivity index (χ1) is 15.2. The number of aromatic nitrogens is 1. The highest BCUT2D eigenvalue weighted by Gasteiger charge is 2.34. The Morgan fingerprint density at radius 3 is 2.53 bits per heavy atom. The van der Waals surface area contributed by atoms with Gasteiger partial charge in [0.2, 0.25) is 5.91 Å². The van der Waals surface area contributed by atoms with E-state index in [4.69, 9.17) is 0 Å². The summed E-state index contributed by atoms with van der Waals surface area (Å²) < 4.78 is 41.3. The van der Waals surface area contributed by atoms with Crippen LogP contribution in [0.2, 0.25) is 0 Å². The highest BCUT2D eigenvalue weighted by molar-refractivity contribution is 5.96. The molecular weight excluding hydrogens is 417 g/mol. The Labute approximate surface area is 185 Å². The number of aryl methyl sites for hydroxylation is 1. The molecule has 0 atom stereocenters. The van der Waals surface area contributed by atoms with Crippen LogP contribution in [-0.4, -0.2) is 53.9 Å². The van der Waals surface area contributed by atoms with Gasteiger partial charge in [0.25, 0.3) is 0 Å². The molecular formula is C24H27F3N4O. The zero-order chi connectivity index (χ0) is 22.9. The summed E-state index contributed by atoms with van der Waals surface area (Å²) in [6, 6.07) is 9.97. The number of anilines is 1. The Bertz CT molecular complexity index is 1110. The number of carbonyl (C=O) groups is 1. The lowest BCUT2D eigenvalue weighted by atomic mass is 10.0. The summed E-state index contributed by atoms with van der Waals surface area (Å²) in [7, 11) is 2.01. The summed E-state index contributed by atoms with van der Waals surface area (Å²) in [5.41, 5.74) is 2.52. The van der Waals surface area contributed by atoms with Crippen LogP contribution in [0.3, 0.4) is 0 Å². The lowest BCUT2D eigenvalue weighted by Crippen LogP contribution is -2.44. The summed E-state index contributed by atoms with van der Waals surface area (Å²) >= 11 is 0. The zero-order valence-corrected chi connectivity index (χ0v) is 18.2. The van der Waals surface area contributed by atoms with Gasteiger partial charge in [-0.25, -0.2) is 0 Å². The Hall–Kier alpha value is -2.84. The summed E-state index contributed by atoms with van der Waals surface area (Å²) in [5.74, 6) is -0.355. The van der Waals surface area contributed by atoms with E-state index in [2.05, 4.69) is 15.2 Å². The second kappa shape index (κ2) is 8.96. The molecule has 1 amide bonds. The molecule has 1 saturated heterocycles. The summed E-state index contributed by atoms with van der Waals surface area (Å²) in [6.45, 7) is 5.36. The maximum atomic E-state index is 13.8. The molecule has 2 heterocycles. The topological polar surface area (TPSA) is 51.4 Å². The first kappa shape index (κ1) is 22.4. The Balaban J connectivity index is 1.48. The summed E-state index contributed by atoms with van der Waals surface area (Å²) in [4.78, 5) is 19.9. The molecule has 0 radical (unpaired) electrons. The molecule has 5 nitrogen and oxygen atoms in total. The fraction of sp³-hybridized carbons (Fsp3) is 0.375. The van der Waals surface area contributed by atoms with Gasteiger partial charge in [-0.3, -0.25) is 9.69 Å². The number of likely N-dealkylation sites (N-methyl/N-ethyl adjacent to an activating group) is 1. The smallest absolute Gasteiger partial charge is 0.361 e. The minimum absolute atomic E-state index is 0.0768. The number of alkyl halides is 3. The third-order valence-electron chi connectivity index (χ3n) is 5.96. The van der Waals surface area contributed by atoms with Crippen LogP contribution in [0.15, 0.2) is 42.6 Å². The molecule has 1 aliphatic heterocycles. The fourth-order valence-electron chi connectivity index (χ4n) is 4.13. The number of halogens is 3. The second-order valence-corrected chi connectivity index (χ2v) is 8.54. The first-order valence-corrected chi connectivity index (χ1v) is 10.7. The van der Waals surface area contributed by atoms with Gasteiger partial charge < -0.3 is 15.2 Å². The highest BCUT2D eigenvalue weighted by atomic mass is 19.4. The van der Waals surface area contributed by atoms with E-state index in [0.717, 1.165) is 54.3 Å². The van der Waals surface area contributed by atoms with Crippen LogP contribution >= 0.6 is 0 Å². The number of hydrogen-bond acceptors (Lipinski definition) is 3. The molecule has 1 aliphatic rings. The predicted octanol–water partition coefficient (Wildman–Crippen LogP) is 4.42. The van der Waals surface area contributed by atoms with Gasteiger partial charge in [-0.15, -0.1) is 0 Å². The molecule has 4 rings (SSSR count). The lowest BCUT2D eigenvalue weighted by Gasteiger charge is -2.33. The molecule has 2 N–H and O–H groups in total. The van der Waals surface area contributed by atoms with Crippen molar-refractivity contribution < 1.29 is 18.0 Å². The second-order valence-electron chi connectivity index (χ2n) is 8.54. The highest BCUT2D eigenvalue weighted by Crippen LogP contribution is 2.34. The van der Waals surface area contributed by atoms with E-state index >= 15 is 0 Å². The van der Waals surface area contributed by atoms with Gasteiger partial charge in [-0.05, 0) is 48.9 Å². The Morgan fingerprint density at radius 2 is 1.81 bits per heavy atom. The molecule has 0 unspecified atom stereocenters. The predicted molar refractivity (Wildman–Crippen MR) is 120 cm³/mol. The van der Waals surface area contributed by atoms with Gasteiger partial charge in [0.05, 0.1) is 12.0 Å². The van der Waals surface area contributed by atoms with Gasteiger partial charge in [-0.1, -0.05) is 18.2 Å². The van der Waals surface area contributed by atoms with E-state index < -0.39 is 11.7 Å². The molecule has 32 heavy (non-hydrogen) atoms. The number of aromatic amines is 1. The quantitative estimate of drug-likeness (QED) is 0.613. The largest absolute Gasteiger partial charge is 0.416 e. The van der Waals surface area contributed by atoms with Crippen molar-refractivity contribution in [2.75, 3.05) is 38.5 Å². The molecule has 1 fully saturated rings. The molecule has 170 valence electrons. The number of hydrogen-bond donors (Lipinski definition) is 2. The normalized spacial score (nSPS) is 15.9. The lowest BCUT2D eigenvalue weighted by molar-refractivity contribution is -0.138. The number of benzene rings is 2. The molecule has 0 spiro atoms.